The number of esters is 1. The van der Waals surface area contributed by atoms with E-state index >= 15 is 0 Å². The van der Waals surface area contributed by atoms with Gasteiger partial charge < -0.3 is 9.47 Å². The number of hydrogen-bond acceptors (Lipinski definition) is 3. The lowest BCUT2D eigenvalue weighted by Crippen LogP contribution is -2.22. The van der Waals surface area contributed by atoms with Gasteiger partial charge in [0.15, 0.2) is 0 Å². The molecule has 1 aromatic carbocycles. The van der Waals surface area contributed by atoms with Gasteiger partial charge in [-0.1, -0.05) is 38.6 Å². The normalized spacial score (nSPS) is 10.7. The van der Waals surface area contributed by atoms with Crippen molar-refractivity contribution >= 4 is 5.97 Å². The van der Waals surface area contributed by atoms with Gasteiger partial charge in [0.2, 0.25) is 0 Å². The van der Waals surface area contributed by atoms with Crippen LogP contribution in [0.25, 0.3) is 0 Å². The summed E-state index contributed by atoms with van der Waals surface area (Å²) in [6.45, 7) is 11.2. The summed E-state index contributed by atoms with van der Waals surface area (Å²) in [5, 5.41) is 0. The van der Waals surface area contributed by atoms with Crippen molar-refractivity contribution in [3.05, 3.63) is 42.5 Å². The molecule has 0 saturated heterocycles. The van der Waals surface area contributed by atoms with Crippen LogP contribution in [0.5, 0.6) is 5.75 Å². The van der Waals surface area contributed by atoms with Crippen molar-refractivity contribution in [2.75, 3.05) is 6.61 Å². The first-order chi connectivity index (χ1) is 8.59. The van der Waals surface area contributed by atoms with E-state index in [0.717, 1.165) is 5.75 Å². The van der Waals surface area contributed by atoms with Gasteiger partial charge in [0.1, 0.15) is 18.5 Å². The van der Waals surface area contributed by atoms with E-state index in [1.165, 1.54) is 0 Å². The van der Waals surface area contributed by atoms with Crippen molar-refractivity contribution in [2.45, 2.75) is 33.8 Å². The zero-order chi connectivity index (χ0) is 14.0. The molecule has 3 nitrogen and oxygen atoms in total. The average Bonchev–Trinajstić information content (AvgIpc) is 2.40. The van der Waals surface area contributed by atoms with Crippen LogP contribution in [0.2, 0.25) is 0 Å². The molecule has 0 N–H and O–H groups in total. The van der Waals surface area contributed by atoms with Crippen molar-refractivity contribution in [3.8, 4) is 5.75 Å². The summed E-state index contributed by atoms with van der Waals surface area (Å²) in [4.78, 5) is 11.2. The van der Waals surface area contributed by atoms with Gasteiger partial charge >= 0.3 is 5.97 Å². The van der Waals surface area contributed by atoms with Crippen LogP contribution in [-0.4, -0.2) is 18.7 Å². The van der Waals surface area contributed by atoms with Gasteiger partial charge in [-0.15, -0.1) is 0 Å². The minimum absolute atomic E-state index is 0.288. The standard InChI is InChI=1S/C13H16O3.C2H6/c1-10(2)13(14)16-11(3)9-15-12-7-5-4-6-8-12;1-2/h4-8,11H,1,9H2,2-3H3;1-2H3. The van der Waals surface area contributed by atoms with Crippen molar-refractivity contribution in [1.29, 1.82) is 0 Å². The number of carbonyl (C=O) groups excluding carboxylic acids is 1. The van der Waals surface area contributed by atoms with Crippen LogP contribution in [0.4, 0.5) is 0 Å². The predicted molar refractivity (Wildman–Crippen MR) is 73.7 cm³/mol. The molecule has 0 aliphatic carbocycles. The summed E-state index contributed by atoms with van der Waals surface area (Å²) in [5.74, 6) is 0.380. The van der Waals surface area contributed by atoms with Gasteiger partial charge in [-0.25, -0.2) is 4.79 Å². The van der Waals surface area contributed by atoms with Gasteiger partial charge in [0, 0.05) is 5.57 Å². The number of carbonyl (C=O) groups is 1. The van der Waals surface area contributed by atoms with Crippen LogP contribution in [0, 0.1) is 0 Å². The molecule has 0 heterocycles. The van der Waals surface area contributed by atoms with Gasteiger partial charge in [-0.3, -0.25) is 0 Å². The first-order valence-electron chi connectivity index (χ1n) is 6.14. The minimum Gasteiger partial charge on any atom is -0.490 e. The summed E-state index contributed by atoms with van der Waals surface area (Å²) >= 11 is 0. The Morgan fingerprint density at radius 2 is 1.83 bits per heavy atom. The average molecular weight is 250 g/mol. The highest BCUT2D eigenvalue weighted by atomic mass is 16.6. The second-order valence-electron chi connectivity index (χ2n) is 3.62. The minimum atomic E-state index is -0.385. The Bertz CT molecular complexity index is 357. The van der Waals surface area contributed by atoms with E-state index in [0.29, 0.717) is 12.2 Å². The number of benzene rings is 1. The summed E-state index contributed by atoms with van der Waals surface area (Å²) in [6.07, 6.45) is -0.288. The second kappa shape index (κ2) is 9.28. The van der Waals surface area contributed by atoms with E-state index in [4.69, 9.17) is 9.47 Å². The highest BCUT2D eigenvalue weighted by Gasteiger charge is 2.10. The third-order valence-electron chi connectivity index (χ3n) is 1.88. The first-order valence-corrected chi connectivity index (χ1v) is 6.14. The van der Waals surface area contributed by atoms with E-state index in [9.17, 15) is 4.79 Å². The Morgan fingerprint density at radius 3 is 2.33 bits per heavy atom. The second-order valence-corrected chi connectivity index (χ2v) is 3.62. The smallest absolute Gasteiger partial charge is 0.333 e. The quantitative estimate of drug-likeness (QED) is 0.591. The molecule has 1 rings (SSSR count). The van der Waals surface area contributed by atoms with Crippen molar-refractivity contribution in [3.63, 3.8) is 0 Å². The summed E-state index contributed by atoms with van der Waals surface area (Å²) in [6, 6.07) is 9.40. The molecule has 0 aliphatic heterocycles. The SMILES string of the molecule is C=C(C)C(=O)OC(C)COc1ccccc1.CC. The van der Waals surface area contributed by atoms with Crippen molar-refractivity contribution in [2.24, 2.45) is 0 Å². The molecule has 0 aliphatic rings. The molecule has 0 saturated carbocycles. The Hall–Kier alpha value is -1.77. The van der Waals surface area contributed by atoms with Crippen LogP contribution < -0.4 is 4.74 Å². The largest absolute Gasteiger partial charge is 0.490 e. The molecular weight excluding hydrogens is 228 g/mol. The van der Waals surface area contributed by atoms with Gasteiger partial charge in [-0.05, 0) is 26.0 Å². The molecule has 0 bridgehead atoms. The van der Waals surface area contributed by atoms with Crippen LogP contribution >= 0.6 is 0 Å². The Labute approximate surface area is 109 Å². The lowest BCUT2D eigenvalue weighted by molar-refractivity contribution is -0.144. The van der Waals surface area contributed by atoms with Gasteiger partial charge in [0.05, 0.1) is 0 Å². The van der Waals surface area contributed by atoms with E-state index in [2.05, 4.69) is 6.58 Å². The van der Waals surface area contributed by atoms with E-state index in [1.54, 1.807) is 13.8 Å². The Morgan fingerprint density at radius 1 is 1.28 bits per heavy atom. The van der Waals surface area contributed by atoms with Gasteiger partial charge in [0.25, 0.3) is 0 Å². The maximum Gasteiger partial charge on any atom is 0.333 e. The lowest BCUT2D eigenvalue weighted by atomic mass is 10.3. The fourth-order valence-corrected chi connectivity index (χ4v) is 1.05. The molecule has 1 aromatic rings. The van der Waals surface area contributed by atoms with Crippen LogP contribution in [0.1, 0.15) is 27.7 Å². The number of para-hydroxylation sites is 1. The van der Waals surface area contributed by atoms with Crippen molar-refractivity contribution in [1.82, 2.24) is 0 Å². The summed E-state index contributed by atoms with van der Waals surface area (Å²) in [5.41, 5.74) is 0.395. The molecule has 0 spiro atoms. The predicted octanol–water partition coefficient (Wildman–Crippen LogP) is 3.60. The fourth-order valence-electron chi connectivity index (χ4n) is 1.05. The fraction of sp³-hybridized carbons (Fsp3) is 0.400. The third kappa shape index (κ3) is 6.74. The first kappa shape index (κ1) is 16.2. The zero-order valence-corrected chi connectivity index (χ0v) is 11.6. The van der Waals surface area contributed by atoms with Crippen LogP contribution in [-0.2, 0) is 9.53 Å². The zero-order valence-electron chi connectivity index (χ0n) is 11.6. The Kier molecular flexibility index (Phi) is 8.37. The van der Waals surface area contributed by atoms with Crippen LogP contribution in [0.3, 0.4) is 0 Å². The molecular formula is C15H22O3. The molecule has 0 amide bonds. The molecule has 0 aromatic heterocycles. The summed E-state index contributed by atoms with van der Waals surface area (Å²) in [7, 11) is 0. The maximum atomic E-state index is 11.2. The number of ether oxygens (including phenoxy) is 2. The van der Waals surface area contributed by atoms with Crippen LogP contribution in [0.15, 0.2) is 42.5 Å². The molecule has 0 radical (unpaired) electrons. The van der Waals surface area contributed by atoms with Crippen molar-refractivity contribution < 1.29 is 14.3 Å². The molecule has 3 heteroatoms. The van der Waals surface area contributed by atoms with E-state index in [1.807, 2.05) is 44.2 Å². The van der Waals surface area contributed by atoms with E-state index in [-0.39, 0.29) is 12.1 Å². The highest BCUT2D eigenvalue weighted by Crippen LogP contribution is 2.09. The molecule has 100 valence electrons. The highest BCUT2D eigenvalue weighted by molar-refractivity contribution is 5.87. The molecule has 0 fully saturated rings. The Balaban J connectivity index is 0.00000137. The maximum absolute atomic E-state index is 11.2. The molecule has 18 heavy (non-hydrogen) atoms. The topological polar surface area (TPSA) is 35.5 Å². The van der Waals surface area contributed by atoms with E-state index < -0.39 is 0 Å². The molecule has 1 unspecified atom stereocenters. The third-order valence-corrected chi connectivity index (χ3v) is 1.88. The van der Waals surface area contributed by atoms with Gasteiger partial charge in [-0.2, -0.15) is 0 Å². The molecule has 1 atom stereocenters. The summed E-state index contributed by atoms with van der Waals surface area (Å²) < 4.78 is 10.5. The monoisotopic (exact) mass is 250 g/mol. The lowest BCUT2D eigenvalue weighted by Gasteiger charge is -2.14. The number of rotatable bonds is 5. The number of hydrogen-bond donors (Lipinski definition) is 0.